The number of anilines is 2. The molecule has 0 aliphatic heterocycles. The van der Waals surface area contributed by atoms with Crippen molar-refractivity contribution in [3.63, 3.8) is 0 Å². The molecule has 114 valence electrons. The van der Waals surface area contributed by atoms with Crippen LogP contribution in [0.2, 0.25) is 0 Å². The third-order valence-corrected chi connectivity index (χ3v) is 6.61. The van der Waals surface area contributed by atoms with E-state index in [0.717, 1.165) is 28.3 Å². The molecule has 1 fully saturated rings. The molecule has 2 rings (SSSR count). The highest BCUT2D eigenvalue weighted by atomic mass is 32.2. The van der Waals surface area contributed by atoms with E-state index in [-0.39, 0.29) is 10.7 Å². The Labute approximate surface area is 124 Å². The van der Waals surface area contributed by atoms with Gasteiger partial charge in [0.15, 0.2) is 10.7 Å². The molecule has 20 heavy (non-hydrogen) atoms. The molecule has 1 aromatic rings. The van der Waals surface area contributed by atoms with E-state index in [2.05, 4.69) is 16.6 Å². The van der Waals surface area contributed by atoms with Gasteiger partial charge in [0.05, 0.1) is 0 Å². The summed E-state index contributed by atoms with van der Waals surface area (Å²) in [5.74, 6) is 1.44. The van der Waals surface area contributed by atoms with Gasteiger partial charge in [-0.25, -0.2) is 12.7 Å². The minimum atomic E-state index is -3.56. The Hall–Kier alpha value is -0.860. The standard InChI is InChI=1S/C12H22N4O2S2/c1-8-4-5-9(6-8)7-14-12-10(11(13)15-19-12)20(17,18)16(2)3/h8-9,14H,4-7H2,1-3H3,(H2,13,15). The molecule has 0 amide bonds. The van der Waals surface area contributed by atoms with E-state index < -0.39 is 10.0 Å². The number of nitrogens with zero attached hydrogens (tertiary/aromatic N) is 2. The molecule has 1 saturated carbocycles. The fraction of sp³-hybridized carbons (Fsp3) is 0.750. The van der Waals surface area contributed by atoms with Crippen LogP contribution in [0.1, 0.15) is 26.2 Å². The molecule has 0 aromatic carbocycles. The predicted octanol–water partition coefficient (Wildman–Crippen LogP) is 1.82. The zero-order chi connectivity index (χ0) is 14.9. The zero-order valence-corrected chi connectivity index (χ0v) is 13.7. The van der Waals surface area contributed by atoms with Crippen LogP contribution in [-0.4, -0.2) is 37.7 Å². The number of sulfonamides is 1. The zero-order valence-electron chi connectivity index (χ0n) is 12.1. The second kappa shape index (κ2) is 5.87. The maximum absolute atomic E-state index is 12.3. The molecule has 2 unspecified atom stereocenters. The van der Waals surface area contributed by atoms with E-state index in [4.69, 9.17) is 5.73 Å². The topological polar surface area (TPSA) is 88.3 Å². The third kappa shape index (κ3) is 3.07. The van der Waals surface area contributed by atoms with Crippen LogP contribution in [0.3, 0.4) is 0 Å². The van der Waals surface area contributed by atoms with Crippen molar-refractivity contribution in [2.75, 3.05) is 31.7 Å². The lowest BCUT2D eigenvalue weighted by molar-refractivity contribution is 0.520. The van der Waals surface area contributed by atoms with Gasteiger partial charge in [0, 0.05) is 20.6 Å². The Morgan fingerprint density at radius 2 is 2.15 bits per heavy atom. The summed E-state index contributed by atoms with van der Waals surface area (Å²) in [5, 5.41) is 3.78. The average Bonchev–Trinajstić information content (AvgIpc) is 2.93. The van der Waals surface area contributed by atoms with Crippen molar-refractivity contribution in [1.82, 2.24) is 8.68 Å². The van der Waals surface area contributed by atoms with Crippen LogP contribution in [0, 0.1) is 11.8 Å². The van der Waals surface area contributed by atoms with Crippen molar-refractivity contribution in [3.8, 4) is 0 Å². The van der Waals surface area contributed by atoms with Gasteiger partial charge in [-0.1, -0.05) is 13.3 Å². The van der Waals surface area contributed by atoms with Crippen LogP contribution in [0.25, 0.3) is 0 Å². The Bertz CT molecular complexity index is 568. The molecule has 0 saturated heterocycles. The summed E-state index contributed by atoms with van der Waals surface area (Å²) in [4.78, 5) is 0.110. The van der Waals surface area contributed by atoms with E-state index in [1.165, 1.54) is 33.4 Å². The first kappa shape index (κ1) is 15.5. The number of hydrogen-bond acceptors (Lipinski definition) is 6. The molecular weight excluding hydrogens is 296 g/mol. The molecule has 2 atom stereocenters. The summed E-state index contributed by atoms with van der Waals surface area (Å²) in [6.45, 7) is 3.04. The largest absolute Gasteiger partial charge is 0.382 e. The predicted molar refractivity (Wildman–Crippen MR) is 82.4 cm³/mol. The van der Waals surface area contributed by atoms with Gasteiger partial charge in [-0.3, -0.25) is 0 Å². The second-order valence-electron chi connectivity index (χ2n) is 5.68. The van der Waals surface area contributed by atoms with Gasteiger partial charge in [-0.05, 0) is 36.2 Å². The van der Waals surface area contributed by atoms with E-state index >= 15 is 0 Å². The van der Waals surface area contributed by atoms with E-state index in [1.54, 1.807) is 0 Å². The number of nitrogens with two attached hydrogens (primary N) is 1. The minimum absolute atomic E-state index is 0.0750. The second-order valence-corrected chi connectivity index (χ2v) is 8.54. The van der Waals surface area contributed by atoms with Crippen molar-refractivity contribution in [2.24, 2.45) is 11.8 Å². The molecule has 1 aromatic heterocycles. The Balaban J connectivity index is 2.14. The Morgan fingerprint density at radius 3 is 2.70 bits per heavy atom. The van der Waals surface area contributed by atoms with Gasteiger partial charge >= 0.3 is 0 Å². The van der Waals surface area contributed by atoms with Gasteiger partial charge in [0.2, 0.25) is 10.0 Å². The minimum Gasteiger partial charge on any atom is -0.382 e. The lowest BCUT2D eigenvalue weighted by Crippen LogP contribution is -2.24. The highest BCUT2D eigenvalue weighted by Crippen LogP contribution is 2.35. The molecule has 0 spiro atoms. The number of nitrogens with one attached hydrogen (secondary N) is 1. The summed E-state index contributed by atoms with van der Waals surface area (Å²) in [5.41, 5.74) is 5.72. The van der Waals surface area contributed by atoms with Gasteiger partial charge in [0.25, 0.3) is 0 Å². The Morgan fingerprint density at radius 1 is 1.45 bits per heavy atom. The average molecular weight is 318 g/mol. The monoisotopic (exact) mass is 318 g/mol. The molecule has 1 aliphatic carbocycles. The highest BCUT2D eigenvalue weighted by Gasteiger charge is 2.28. The van der Waals surface area contributed by atoms with Crippen LogP contribution in [0.15, 0.2) is 4.90 Å². The molecule has 6 nitrogen and oxygen atoms in total. The van der Waals surface area contributed by atoms with Gasteiger partial charge < -0.3 is 11.1 Å². The highest BCUT2D eigenvalue weighted by molar-refractivity contribution is 7.89. The number of rotatable bonds is 5. The molecular formula is C12H22N4O2S2. The van der Waals surface area contributed by atoms with E-state index in [9.17, 15) is 8.42 Å². The first-order chi connectivity index (χ1) is 9.32. The van der Waals surface area contributed by atoms with Crippen molar-refractivity contribution in [1.29, 1.82) is 0 Å². The fourth-order valence-corrected chi connectivity index (χ4v) is 4.67. The smallest absolute Gasteiger partial charge is 0.249 e. The van der Waals surface area contributed by atoms with Gasteiger partial charge in [0.1, 0.15) is 5.00 Å². The maximum atomic E-state index is 12.3. The lowest BCUT2D eigenvalue weighted by Gasteiger charge is -2.15. The fourth-order valence-electron chi connectivity index (χ4n) is 2.59. The summed E-state index contributed by atoms with van der Waals surface area (Å²) < 4.78 is 29.7. The molecule has 0 radical (unpaired) electrons. The van der Waals surface area contributed by atoms with Crippen LogP contribution < -0.4 is 11.1 Å². The summed E-state index contributed by atoms with van der Waals surface area (Å²) in [6.07, 6.45) is 3.63. The molecule has 8 heteroatoms. The molecule has 3 N–H and O–H groups in total. The van der Waals surface area contributed by atoms with Crippen molar-refractivity contribution in [2.45, 2.75) is 31.1 Å². The van der Waals surface area contributed by atoms with Crippen molar-refractivity contribution < 1.29 is 8.42 Å². The summed E-state index contributed by atoms with van der Waals surface area (Å²) >= 11 is 1.11. The van der Waals surface area contributed by atoms with Crippen molar-refractivity contribution >= 4 is 32.4 Å². The third-order valence-electron chi connectivity index (χ3n) is 3.77. The van der Waals surface area contributed by atoms with Crippen LogP contribution in [-0.2, 0) is 10.0 Å². The summed E-state index contributed by atoms with van der Waals surface area (Å²) in [6, 6.07) is 0. The van der Waals surface area contributed by atoms with Gasteiger partial charge in [-0.15, -0.1) is 0 Å². The SMILES string of the molecule is CC1CCC(CNc2snc(N)c2S(=O)(=O)N(C)C)C1. The van der Waals surface area contributed by atoms with Crippen LogP contribution in [0.5, 0.6) is 0 Å². The molecule has 1 aliphatic rings. The quantitative estimate of drug-likeness (QED) is 0.864. The lowest BCUT2D eigenvalue weighted by atomic mass is 10.1. The van der Waals surface area contributed by atoms with Crippen LogP contribution >= 0.6 is 11.5 Å². The number of nitrogen functional groups attached to an aromatic ring is 1. The Kier molecular flexibility index (Phi) is 4.55. The first-order valence-electron chi connectivity index (χ1n) is 6.74. The summed E-state index contributed by atoms with van der Waals surface area (Å²) in [7, 11) is -0.568. The van der Waals surface area contributed by atoms with Crippen molar-refractivity contribution in [3.05, 3.63) is 0 Å². The molecule has 0 bridgehead atoms. The first-order valence-corrected chi connectivity index (χ1v) is 8.95. The van der Waals surface area contributed by atoms with E-state index in [1.807, 2.05) is 0 Å². The number of aromatic nitrogens is 1. The van der Waals surface area contributed by atoms with Crippen LogP contribution in [0.4, 0.5) is 10.8 Å². The molecule has 1 heterocycles. The number of hydrogen-bond donors (Lipinski definition) is 2. The normalized spacial score (nSPS) is 23.4. The maximum Gasteiger partial charge on any atom is 0.249 e. The van der Waals surface area contributed by atoms with E-state index in [0.29, 0.717) is 10.9 Å². The van der Waals surface area contributed by atoms with Gasteiger partial charge in [-0.2, -0.15) is 4.37 Å².